The number of hydrogen-bond acceptors (Lipinski definition) is 5. The monoisotopic (exact) mass is 477 g/mol. The summed E-state index contributed by atoms with van der Waals surface area (Å²) in [7, 11) is 0. The summed E-state index contributed by atoms with van der Waals surface area (Å²) >= 11 is 0. The van der Waals surface area contributed by atoms with Crippen LogP contribution in [0.4, 0.5) is 0 Å². The molecule has 2 saturated heterocycles. The molecule has 0 spiro atoms. The maximum atomic E-state index is 6.32. The molecule has 190 valence electrons. The van der Waals surface area contributed by atoms with Crippen molar-refractivity contribution in [2.24, 2.45) is 5.92 Å². The highest BCUT2D eigenvalue weighted by molar-refractivity contribution is 5.67. The number of piperidine rings is 2. The molecule has 2 aromatic rings. The predicted molar refractivity (Wildman–Crippen MR) is 141 cm³/mol. The third-order valence-corrected chi connectivity index (χ3v) is 8.31. The lowest BCUT2D eigenvalue weighted by Gasteiger charge is -2.44. The minimum Gasteiger partial charge on any atom is -0.490 e. The number of benzene rings is 1. The van der Waals surface area contributed by atoms with Gasteiger partial charge in [-0.25, -0.2) is 0 Å². The summed E-state index contributed by atoms with van der Waals surface area (Å²) in [5.41, 5.74) is 3.38. The first-order valence-corrected chi connectivity index (χ1v) is 14.3. The van der Waals surface area contributed by atoms with Crippen LogP contribution in [0.5, 0.6) is 11.6 Å². The van der Waals surface area contributed by atoms with Crippen molar-refractivity contribution >= 4 is 0 Å². The molecule has 0 N–H and O–H groups in total. The van der Waals surface area contributed by atoms with Crippen LogP contribution in [0.15, 0.2) is 30.3 Å². The Morgan fingerprint density at radius 3 is 2.51 bits per heavy atom. The van der Waals surface area contributed by atoms with Crippen LogP contribution in [-0.4, -0.2) is 46.9 Å². The molecule has 0 radical (unpaired) electrons. The van der Waals surface area contributed by atoms with Crippen LogP contribution in [0, 0.1) is 5.92 Å². The SMILES string of the molecule is CCCCc1nnc(OCC2CCCN3CCCCC23)cc1-c1ccc(OC2CCCCC2)cc1. The average Bonchev–Trinajstić information content (AvgIpc) is 2.92. The Kier molecular flexibility index (Phi) is 8.56. The summed E-state index contributed by atoms with van der Waals surface area (Å²) in [6.45, 7) is 5.49. The average molecular weight is 478 g/mol. The fourth-order valence-corrected chi connectivity index (χ4v) is 6.30. The van der Waals surface area contributed by atoms with Crippen LogP contribution in [0.3, 0.4) is 0 Å². The largest absolute Gasteiger partial charge is 0.490 e. The van der Waals surface area contributed by atoms with Crippen molar-refractivity contribution in [3.63, 3.8) is 0 Å². The molecule has 5 rings (SSSR count). The molecule has 2 aliphatic heterocycles. The number of aryl methyl sites for hydroxylation is 1. The number of fused-ring (bicyclic) bond motifs is 1. The molecule has 1 saturated carbocycles. The number of ether oxygens (including phenoxy) is 2. The second-order valence-corrected chi connectivity index (χ2v) is 10.9. The van der Waals surface area contributed by atoms with Crippen molar-refractivity contribution < 1.29 is 9.47 Å². The van der Waals surface area contributed by atoms with Crippen LogP contribution in [0.25, 0.3) is 11.1 Å². The molecule has 1 aromatic carbocycles. The van der Waals surface area contributed by atoms with Crippen LogP contribution in [0.1, 0.15) is 89.7 Å². The fraction of sp³-hybridized carbons (Fsp3) is 0.667. The van der Waals surface area contributed by atoms with Gasteiger partial charge in [0, 0.05) is 23.6 Å². The Morgan fingerprint density at radius 2 is 1.69 bits per heavy atom. The Labute approximate surface area is 211 Å². The van der Waals surface area contributed by atoms with E-state index in [2.05, 4.69) is 52.4 Å². The van der Waals surface area contributed by atoms with Crippen molar-refractivity contribution in [2.75, 3.05) is 19.7 Å². The van der Waals surface area contributed by atoms with E-state index >= 15 is 0 Å². The molecule has 0 amide bonds. The molecule has 5 nitrogen and oxygen atoms in total. The summed E-state index contributed by atoms with van der Waals surface area (Å²) in [6, 6.07) is 11.4. The normalized spacial score (nSPS) is 23.6. The summed E-state index contributed by atoms with van der Waals surface area (Å²) in [6.07, 6.45) is 16.4. The van der Waals surface area contributed by atoms with Crippen molar-refractivity contribution in [3.8, 4) is 22.8 Å². The summed E-state index contributed by atoms with van der Waals surface area (Å²) in [5, 5.41) is 9.13. The number of unbranched alkanes of at least 4 members (excludes halogenated alkanes) is 1. The van der Waals surface area contributed by atoms with Gasteiger partial charge in [-0.15, -0.1) is 5.10 Å². The van der Waals surface area contributed by atoms with Crippen molar-refractivity contribution in [2.45, 2.75) is 103 Å². The van der Waals surface area contributed by atoms with Crippen molar-refractivity contribution in [1.82, 2.24) is 15.1 Å². The van der Waals surface area contributed by atoms with Crippen molar-refractivity contribution in [3.05, 3.63) is 36.0 Å². The Morgan fingerprint density at radius 1 is 0.886 bits per heavy atom. The Balaban J connectivity index is 1.28. The molecule has 0 bridgehead atoms. The third-order valence-electron chi connectivity index (χ3n) is 8.31. The van der Waals surface area contributed by atoms with E-state index in [1.807, 2.05) is 0 Å². The first-order valence-electron chi connectivity index (χ1n) is 14.3. The number of hydrogen-bond donors (Lipinski definition) is 0. The van der Waals surface area contributed by atoms with Gasteiger partial charge in [-0.05, 0) is 95.0 Å². The van der Waals surface area contributed by atoms with Crippen LogP contribution in [-0.2, 0) is 6.42 Å². The van der Waals surface area contributed by atoms with E-state index in [1.165, 1.54) is 82.9 Å². The lowest BCUT2D eigenvalue weighted by molar-refractivity contribution is 0.0355. The highest BCUT2D eigenvalue weighted by atomic mass is 16.5. The fourth-order valence-electron chi connectivity index (χ4n) is 6.30. The summed E-state index contributed by atoms with van der Waals surface area (Å²) < 4.78 is 12.6. The zero-order chi connectivity index (χ0) is 23.9. The van der Waals surface area contributed by atoms with E-state index in [-0.39, 0.29) is 0 Å². The van der Waals surface area contributed by atoms with Gasteiger partial charge < -0.3 is 9.47 Å². The molecule has 35 heavy (non-hydrogen) atoms. The first-order chi connectivity index (χ1) is 17.3. The van der Waals surface area contributed by atoms with E-state index in [4.69, 9.17) is 9.47 Å². The van der Waals surface area contributed by atoms with Crippen molar-refractivity contribution in [1.29, 1.82) is 0 Å². The van der Waals surface area contributed by atoms with E-state index in [0.717, 1.165) is 42.9 Å². The maximum absolute atomic E-state index is 6.32. The topological polar surface area (TPSA) is 47.5 Å². The minimum absolute atomic E-state index is 0.372. The Bertz CT molecular complexity index is 924. The molecule has 3 heterocycles. The zero-order valence-electron chi connectivity index (χ0n) is 21.6. The number of nitrogens with zero attached hydrogens (tertiary/aromatic N) is 3. The van der Waals surface area contributed by atoms with Gasteiger partial charge in [0.25, 0.3) is 0 Å². The predicted octanol–water partition coefficient (Wildman–Crippen LogP) is 6.84. The van der Waals surface area contributed by atoms with Crippen LogP contribution in [0.2, 0.25) is 0 Å². The van der Waals surface area contributed by atoms with E-state index in [9.17, 15) is 0 Å². The van der Waals surface area contributed by atoms with Gasteiger partial charge in [0.05, 0.1) is 18.4 Å². The zero-order valence-corrected chi connectivity index (χ0v) is 21.6. The lowest BCUT2D eigenvalue weighted by atomic mass is 9.84. The number of rotatable bonds is 9. The molecule has 2 unspecified atom stereocenters. The Hall–Kier alpha value is -2.14. The van der Waals surface area contributed by atoms with Gasteiger partial charge in [0.15, 0.2) is 0 Å². The molecule has 2 atom stereocenters. The number of aromatic nitrogens is 2. The van der Waals surface area contributed by atoms with Crippen LogP contribution < -0.4 is 9.47 Å². The maximum Gasteiger partial charge on any atom is 0.234 e. The second kappa shape index (κ2) is 12.2. The van der Waals surface area contributed by atoms with Gasteiger partial charge in [0.1, 0.15) is 5.75 Å². The van der Waals surface area contributed by atoms with E-state index < -0.39 is 0 Å². The highest BCUT2D eigenvalue weighted by Gasteiger charge is 2.33. The molecule has 3 fully saturated rings. The molecular weight excluding hydrogens is 434 g/mol. The standard InChI is InChI=1S/C30H43N3O2/c1-2-3-13-28-27(23-15-17-26(18-16-23)35-25-11-5-4-6-12-25)21-30(32-31-28)34-22-24-10-9-20-33-19-8-7-14-29(24)33/h15-18,21,24-25,29H,2-14,19-20,22H2,1H3. The smallest absolute Gasteiger partial charge is 0.234 e. The molecule has 1 aliphatic carbocycles. The lowest BCUT2D eigenvalue weighted by Crippen LogP contribution is -2.49. The van der Waals surface area contributed by atoms with Crippen LogP contribution >= 0.6 is 0 Å². The van der Waals surface area contributed by atoms with Gasteiger partial charge in [0.2, 0.25) is 5.88 Å². The minimum atomic E-state index is 0.372. The quantitative estimate of drug-likeness (QED) is 0.396. The molecule has 3 aliphatic rings. The van der Waals surface area contributed by atoms with Gasteiger partial charge >= 0.3 is 0 Å². The van der Waals surface area contributed by atoms with E-state index in [0.29, 0.717) is 23.9 Å². The summed E-state index contributed by atoms with van der Waals surface area (Å²) in [4.78, 5) is 2.70. The first kappa shape index (κ1) is 24.5. The second-order valence-electron chi connectivity index (χ2n) is 10.9. The van der Waals surface area contributed by atoms with Gasteiger partial charge in [-0.1, -0.05) is 38.3 Å². The third kappa shape index (κ3) is 6.35. The van der Waals surface area contributed by atoms with E-state index in [1.54, 1.807) is 0 Å². The summed E-state index contributed by atoms with van der Waals surface area (Å²) in [5.74, 6) is 2.24. The molecule has 1 aromatic heterocycles. The molecule has 5 heteroatoms. The molecular formula is C30H43N3O2. The highest BCUT2D eigenvalue weighted by Crippen LogP contribution is 2.33. The van der Waals surface area contributed by atoms with Gasteiger partial charge in [-0.2, -0.15) is 5.10 Å². The van der Waals surface area contributed by atoms with Gasteiger partial charge in [-0.3, -0.25) is 4.90 Å².